The number of hydrogen-bond donors (Lipinski definition) is 1. The van der Waals surface area contributed by atoms with Gasteiger partial charge in [-0.3, -0.25) is 0 Å². The average Bonchev–Trinajstić information content (AvgIpc) is 2.33. The molecule has 0 bridgehead atoms. The van der Waals surface area contributed by atoms with E-state index in [2.05, 4.69) is 20.8 Å². The van der Waals surface area contributed by atoms with Crippen molar-refractivity contribution in [3.05, 3.63) is 0 Å². The van der Waals surface area contributed by atoms with Crippen molar-refractivity contribution >= 4 is 0 Å². The Balaban J connectivity index is 1.95. The van der Waals surface area contributed by atoms with E-state index in [1.807, 2.05) is 0 Å². The van der Waals surface area contributed by atoms with Gasteiger partial charge in [-0.25, -0.2) is 0 Å². The number of rotatable bonds is 2. The van der Waals surface area contributed by atoms with Gasteiger partial charge in [0.25, 0.3) is 0 Å². The molecule has 0 saturated heterocycles. The van der Waals surface area contributed by atoms with Crippen molar-refractivity contribution in [1.82, 2.24) is 0 Å². The van der Waals surface area contributed by atoms with Crippen LogP contribution in [0.3, 0.4) is 0 Å². The summed E-state index contributed by atoms with van der Waals surface area (Å²) in [4.78, 5) is 0. The Bertz CT molecular complexity index is 238. The van der Waals surface area contributed by atoms with Gasteiger partial charge in [-0.2, -0.15) is 0 Å². The van der Waals surface area contributed by atoms with Crippen LogP contribution in [0.15, 0.2) is 0 Å². The fourth-order valence-electron chi connectivity index (χ4n) is 4.21. The predicted molar refractivity (Wildman–Crippen MR) is 74.8 cm³/mol. The van der Waals surface area contributed by atoms with E-state index in [-0.39, 0.29) is 0 Å². The molecule has 2 saturated carbocycles. The summed E-state index contributed by atoms with van der Waals surface area (Å²) < 4.78 is 0. The van der Waals surface area contributed by atoms with Gasteiger partial charge in [0.2, 0.25) is 0 Å². The normalized spacial score (nSPS) is 48.0. The Labute approximate surface area is 108 Å². The van der Waals surface area contributed by atoms with E-state index in [1.165, 1.54) is 44.9 Å². The molecule has 0 aliphatic heterocycles. The zero-order valence-corrected chi connectivity index (χ0v) is 12.0. The van der Waals surface area contributed by atoms with Crippen LogP contribution in [-0.2, 0) is 0 Å². The Morgan fingerprint density at radius 2 is 1.71 bits per heavy atom. The molecule has 2 aliphatic rings. The fraction of sp³-hybridized carbons (Fsp3) is 1.00. The lowest BCUT2D eigenvalue weighted by molar-refractivity contribution is 0.0957. The van der Waals surface area contributed by atoms with Crippen LogP contribution >= 0.6 is 0 Å². The second kappa shape index (κ2) is 5.73. The first-order chi connectivity index (χ1) is 8.11. The maximum Gasteiger partial charge on any atom is 0.00700 e. The van der Waals surface area contributed by atoms with Crippen LogP contribution in [0.1, 0.15) is 65.7 Å². The van der Waals surface area contributed by atoms with Gasteiger partial charge in [0.05, 0.1) is 0 Å². The van der Waals surface area contributed by atoms with E-state index in [9.17, 15) is 0 Å². The Morgan fingerprint density at radius 3 is 2.35 bits per heavy atom. The van der Waals surface area contributed by atoms with Gasteiger partial charge in [-0.05, 0) is 61.7 Å². The maximum absolute atomic E-state index is 6.41. The van der Waals surface area contributed by atoms with Gasteiger partial charge in [0.1, 0.15) is 0 Å². The third kappa shape index (κ3) is 3.05. The number of hydrogen-bond acceptors (Lipinski definition) is 1. The molecule has 2 N–H and O–H groups in total. The van der Waals surface area contributed by atoms with Crippen LogP contribution in [0.2, 0.25) is 0 Å². The molecule has 17 heavy (non-hydrogen) atoms. The predicted octanol–water partition coefficient (Wildman–Crippen LogP) is 4.21. The van der Waals surface area contributed by atoms with E-state index in [1.54, 1.807) is 0 Å². The molecule has 2 fully saturated rings. The van der Waals surface area contributed by atoms with Crippen molar-refractivity contribution in [2.45, 2.75) is 71.8 Å². The maximum atomic E-state index is 6.41. The lowest BCUT2D eigenvalue weighted by Crippen LogP contribution is -2.42. The van der Waals surface area contributed by atoms with Crippen molar-refractivity contribution in [2.24, 2.45) is 35.3 Å². The molecular weight excluding hydrogens is 206 g/mol. The molecule has 1 heteroatoms. The van der Waals surface area contributed by atoms with Crippen molar-refractivity contribution in [1.29, 1.82) is 0 Å². The van der Waals surface area contributed by atoms with E-state index >= 15 is 0 Å². The highest BCUT2D eigenvalue weighted by molar-refractivity contribution is 4.89. The van der Waals surface area contributed by atoms with Crippen LogP contribution in [0, 0.1) is 29.6 Å². The summed E-state index contributed by atoms with van der Waals surface area (Å²) in [6, 6.07) is 0.503. The smallest absolute Gasteiger partial charge is 0.00700 e. The molecule has 0 aromatic rings. The summed E-state index contributed by atoms with van der Waals surface area (Å²) >= 11 is 0. The molecule has 6 atom stereocenters. The average molecular weight is 237 g/mol. The van der Waals surface area contributed by atoms with Gasteiger partial charge >= 0.3 is 0 Å². The summed E-state index contributed by atoms with van der Waals surface area (Å²) in [6.45, 7) is 7.23. The lowest BCUT2D eigenvalue weighted by Gasteiger charge is -2.43. The summed E-state index contributed by atoms with van der Waals surface area (Å²) in [7, 11) is 0. The van der Waals surface area contributed by atoms with Gasteiger partial charge in [-0.15, -0.1) is 0 Å². The molecule has 0 aromatic heterocycles. The van der Waals surface area contributed by atoms with Crippen molar-refractivity contribution in [2.75, 3.05) is 0 Å². The van der Waals surface area contributed by atoms with Crippen LogP contribution in [0.4, 0.5) is 0 Å². The van der Waals surface area contributed by atoms with Crippen molar-refractivity contribution < 1.29 is 0 Å². The minimum absolute atomic E-state index is 0.503. The molecule has 2 aliphatic carbocycles. The molecule has 2 rings (SSSR count). The first-order valence-electron chi connectivity index (χ1n) is 7.87. The van der Waals surface area contributed by atoms with E-state index in [0.717, 1.165) is 29.6 Å². The largest absolute Gasteiger partial charge is 0.327 e. The topological polar surface area (TPSA) is 26.0 Å². The van der Waals surface area contributed by atoms with Crippen molar-refractivity contribution in [3.63, 3.8) is 0 Å². The Hall–Kier alpha value is -0.0400. The monoisotopic (exact) mass is 237 g/mol. The second-order valence-electron chi connectivity index (χ2n) is 6.94. The quantitative estimate of drug-likeness (QED) is 0.765. The Morgan fingerprint density at radius 1 is 0.941 bits per heavy atom. The van der Waals surface area contributed by atoms with Gasteiger partial charge in [-0.1, -0.05) is 33.6 Å². The Kier molecular flexibility index (Phi) is 4.52. The molecule has 0 spiro atoms. The minimum Gasteiger partial charge on any atom is -0.327 e. The molecule has 0 aromatic carbocycles. The highest BCUT2D eigenvalue weighted by Gasteiger charge is 2.36. The van der Waals surface area contributed by atoms with Crippen molar-refractivity contribution in [3.8, 4) is 0 Å². The third-order valence-electron chi connectivity index (χ3n) is 5.89. The first-order valence-corrected chi connectivity index (χ1v) is 7.87. The van der Waals surface area contributed by atoms with Gasteiger partial charge in [0.15, 0.2) is 0 Å². The molecule has 0 radical (unpaired) electrons. The van der Waals surface area contributed by atoms with Gasteiger partial charge in [0, 0.05) is 6.04 Å². The van der Waals surface area contributed by atoms with E-state index in [4.69, 9.17) is 5.73 Å². The lowest BCUT2D eigenvalue weighted by atomic mass is 9.64. The summed E-state index contributed by atoms with van der Waals surface area (Å²) in [5, 5.41) is 0. The zero-order valence-electron chi connectivity index (χ0n) is 12.0. The standard InChI is InChI=1S/C16H31N/c1-4-13-6-8-16(17)15(10-13)14-7-5-11(2)12(3)9-14/h11-16H,4-10,17H2,1-3H3. The minimum atomic E-state index is 0.503. The van der Waals surface area contributed by atoms with E-state index in [0.29, 0.717) is 6.04 Å². The first kappa shape index (κ1) is 13.4. The van der Waals surface area contributed by atoms with Crippen LogP contribution in [-0.4, -0.2) is 6.04 Å². The molecule has 1 nitrogen and oxygen atoms in total. The molecular formula is C16H31N. The third-order valence-corrected chi connectivity index (χ3v) is 5.89. The SMILES string of the molecule is CCC1CCC(N)C(C2CCC(C)C(C)C2)C1. The molecule has 6 unspecified atom stereocenters. The highest BCUT2D eigenvalue weighted by atomic mass is 14.7. The molecule has 100 valence electrons. The summed E-state index contributed by atoms with van der Waals surface area (Å²) in [5.74, 6) is 4.60. The van der Waals surface area contributed by atoms with Crippen LogP contribution in [0.5, 0.6) is 0 Å². The molecule has 0 amide bonds. The highest BCUT2D eigenvalue weighted by Crippen LogP contribution is 2.43. The van der Waals surface area contributed by atoms with Gasteiger partial charge < -0.3 is 5.73 Å². The van der Waals surface area contributed by atoms with Crippen LogP contribution < -0.4 is 5.73 Å². The number of nitrogens with two attached hydrogens (primary N) is 1. The second-order valence-corrected chi connectivity index (χ2v) is 6.94. The summed E-state index contributed by atoms with van der Waals surface area (Å²) in [6.07, 6.45) is 9.77. The fourth-order valence-corrected chi connectivity index (χ4v) is 4.21. The van der Waals surface area contributed by atoms with E-state index < -0.39 is 0 Å². The van der Waals surface area contributed by atoms with Crippen LogP contribution in [0.25, 0.3) is 0 Å². The summed E-state index contributed by atoms with van der Waals surface area (Å²) in [5.41, 5.74) is 6.41. The zero-order chi connectivity index (χ0) is 12.4. The molecule has 0 heterocycles.